The number of hydrogen-bond acceptors (Lipinski definition) is 6. The van der Waals surface area contributed by atoms with Crippen LogP contribution in [0.25, 0.3) is 11.3 Å². The summed E-state index contributed by atoms with van der Waals surface area (Å²) in [5.41, 5.74) is 3.20. The molecule has 1 N–H and O–H groups in total. The molecule has 26 heavy (non-hydrogen) atoms. The Balaban J connectivity index is 1.33. The second-order valence-corrected chi connectivity index (χ2v) is 6.75. The van der Waals surface area contributed by atoms with Gasteiger partial charge in [-0.1, -0.05) is 35.0 Å². The van der Waals surface area contributed by atoms with Crippen molar-refractivity contribution in [3.63, 3.8) is 0 Å². The highest BCUT2D eigenvalue weighted by Gasteiger charge is 2.25. The Hall–Kier alpha value is -2.73. The van der Waals surface area contributed by atoms with Crippen LogP contribution in [0.1, 0.15) is 24.2 Å². The molecule has 0 bridgehead atoms. The Kier molecular flexibility index (Phi) is 4.93. The van der Waals surface area contributed by atoms with Crippen molar-refractivity contribution in [2.24, 2.45) is 0 Å². The lowest BCUT2D eigenvalue weighted by Crippen LogP contribution is -2.38. The fourth-order valence-corrected chi connectivity index (χ4v) is 3.41. The zero-order chi connectivity index (χ0) is 17.8. The van der Waals surface area contributed by atoms with Crippen molar-refractivity contribution in [1.29, 1.82) is 0 Å². The molecule has 0 unspecified atom stereocenters. The van der Waals surface area contributed by atoms with Crippen LogP contribution in [0.15, 0.2) is 53.2 Å². The van der Waals surface area contributed by atoms with Gasteiger partial charge >= 0.3 is 0 Å². The van der Waals surface area contributed by atoms with Crippen LogP contribution in [0, 0.1) is 6.92 Å². The summed E-state index contributed by atoms with van der Waals surface area (Å²) in [5, 5.41) is 15.9. The third kappa shape index (κ3) is 3.75. The predicted molar refractivity (Wildman–Crippen MR) is 101 cm³/mol. The molecule has 0 saturated carbocycles. The van der Waals surface area contributed by atoms with Gasteiger partial charge in [0.1, 0.15) is 5.69 Å². The topological polar surface area (TPSA) is 67.1 Å². The normalized spacial score (nSPS) is 17.0. The van der Waals surface area contributed by atoms with Crippen LogP contribution >= 0.6 is 0 Å². The average molecular weight is 349 g/mol. The summed E-state index contributed by atoms with van der Waals surface area (Å²) in [7, 11) is 0. The maximum Gasteiger partial charge on any atom is 0.151 e. The molecule has 2 aromatic heterocycles. The predicted octanol–water partition coefficient (Wildman–Crippen LogP) is 3.20. The second-order valence-electron chi connectivity index (χ2n) is 6.75. The van der Waals surface area contributed by atoms with Crippen molar-refractivity contribution in [2.45, 2.75) is 32.4 Å². The van der Waals surface area contributed by atoms with E-state index in [9.17, 15) is 0 Å². The van der Waals surface area contributed by atoms with E-state index in [0.717, 1.165) is 42.3 Å². The van der Waals surface area contributed by atoms with Crippen molar-refractivity contribution in [3.8, 4) is 11.3 Å². The molecule has 6 heteroatoms. The number of nitrogens with one attached hydrogen (secondary N) is 1. The monoisotopic (exact) mass is 349 g/mol. The fourth-order valence-electron chi connectivity index (χ4n) is 3.41. The van der Waals surface area contributed by atoms with Gasteiger partial charge in [0.25, 0.3) is 0 Å². The van der Waals surface area contributed by atoms with Crippen LogP contribution < -0.4 is 10.2 Å². The first kappa shape index (κ1) is 16.7. The summed E-state index contributed by atoms with van der Waals surface area (Å²) in [6, 6.07) is 14.7. The lowest BCUT2D eigenvalue weighted by Gasteiger charge is -2.25. The first-order valence-electron chi connectivity index (χ1n) is 9.07. The SMILES string of the molecule is Cc1ccc(-c2cc(CNC[C@H]3CCCN3c3cccnn3)on2)cc1. The average Bonchev–Trinajstić information content (AvgIpc) is 3.33. The van der Waals surface area contributed by atoms with Gasteiger partial charge in [-0.05, 0) is 31.9 Å². The molecule has 1 aliphatic rings. The first-order chi connectivity index (χ1) is 12.8. The summed E-state index contributed by atoms with van der Waals surface area (Å²) >= 11 is 0. The molecule has 6 nitrogen and oxygen atoms in total. The highest BCUT2D eigenvalue weighted by atomic mass is 16.5. The van der Waals surface area contributed by atoms with E-state index in [1.807, 2.05) is 18.2 Å². The quantitative estimate of drug-likeness (QED) is 0.737. The van der Waals surface area contributed by atoms with Gasteiger partial charge in [0.05, 0.1) is 6.54 Å². The van der Waals surface area contributed by atoms with E-state index in [4.69, 9.17) is 4.52 Å². The molecule has 0 spiro atoms. The van der Waals surface area contributed by atoms with Crippen molar-refractivity contribution in [1.82, 2.24) is 20.7 Å². The third-order valence-electron chi connectivity index (χ3n) is 4.82. The standard InChI is InChI=1S/C20H23N5O/c1-15-6-8-16(9-7-15)19-12-18(26-24-19)14-21-13-17-4-3-11-25(17)20-5-2-10-22-23-20/h2,5-10,12,17,21H,3-4,11,13-14H2,1H3/t17-/m1/s1. The Morgan fingerprint density at radius 3 is 2.92 bits per heavy atom. The molecule has 4 rings (SSSR count). The van der Waals surface area contributed by atoms with Crippen LogP contribution in [0.5, 0.6) is 0 Å². The minimum Gasteiger partial charge on any atom is -0.359 e. The van der Waals surface area contributed by atoms with Crippen LogP contribution in [0.3, 0.4) is 0 Å². The zero-order valence-electron chi connectivity index (χ0n) is 14.9. The molecule has 3 heterocycles. The maximum atomic E-state index is 5.48. The van der Waals surface area contributed by atoms with Crippen LogP contribution in [-0.2, 0) is 6.54 Å². The number of hydrogen-bond donors (Lipinski definition) is 1. The molecular formula is C20H23N5O. The van der Waals surface area contributed by atoms with E-state index < -0.39 is 0 Å². The molecule has 0 aliphatic carbocycles. The van der Waals surface area contributed by atoms with Crippen LogP contribution in [0.2, 0.25) is 0 Å². The highest BCUT2D eigenvalue weighted by Crippen LogP contribution is 2.23. The summed E-state index contributed by atoms with van der Waals surface area (Å²) < 4.78 is 5.48. The van der Waals surface area contributed by atoms with E-state index >= 15 is 0 Å². The molecule has 0 radical (unpaired) electrons. The molecule has 0 amide bonds. The largest absolute Gasteiger partial charge is 0.359 e. The van der Waals surface area contributed by atoms with Gasteiger partial charge in [-0.25, -0.2) is 0 Å². The molecule has 1 fully saturated rings. The van der Waals surface area contributed by atoms with Gasteiger partial charge in [-0.15, -0.1) is 5.10 Å². The summed E-state index contributed by atoms with van der Waals surface area (Å²) in [6.07, 6.45) is 4.06. The van der Waals surface area contributed by atoms with Crippen LogP contribution in [0.4, 0.5) is 5.82 Å². The molecule has 1 atom stereocenters. The number of rotatable bonds is 6. The van der Waals surface area contributed by atoms with Crippen molar-refractivity contribution < 1.29 is 4.52 Å². The smallest absolute Gasteiger partial charge is 0.151 e. The third-order valence-corrected chi connectivity index (χ3v) is 4.82. The number of nitrogens with zero attached hydrogens (tertiary/aromatic N) is 4. The summed E-state index contributed by atoms with van der Waals surface area (Å²) in [6.45, 7) is 4.67. The summed E-state index contributed by atoms with van der Waals surface area (Å²) in [5.74, 6) is 1.81. The van der Waals surface area contributed by atoms with Gasteiger partial charge in [-0.3, -0.25) is 0 Å². The van der Waals surface area contributed by atoms with Gasteiger partial charge in [0.2, 0.25) is 0 Å². The minimum atomic E-state index is 0.436. The Morgan fingerprint density at radius 1 is 1.23 bits per heavy atom. The van der Waals surface area contributed by atoms with E-state index in [0.29, 0.717) is 12.6 Å². The fraction of sp³-hybridized carbons (Fsp3) is 0.350. The Bertz CT molecular complexity index is 831. The minimum absolute atomic E-state index is 0.436. The molecular weight excluding hydrogens is 326 g/mol. The summed E-state index contributed by atoms with van der Waals surface area (Å²) in [4.78, 5) is 2.33. The first-order valence-corrected chi connectivity index (χ1v) is 9.07. The van der Waals surface area contributed by atoms with Crippen molar-refractivity contribution in [2.75, 3.05) is 18.0 Å². The van der Waals surface area contributed by atoms with E-state index in [-0.39, 0.29) is 0 Å². The van der Waals surface area contributed by atoms with Crippen LogP contribution in [-0.4, -0.2) is 34.5 Å². The van der Waals surface area contributed by atoms with Gasteiger partial charge in [-0.2, -0.15) is 5.10 Å². The van der Waals surface area contributed by atoms with E-state index in [1.165, 1.54) is 12.0 Å². The van der Waals surface area contributed by atoms with Gasteiger partial charge in [0.15, 0.2) is 11.6 Å². The van der Waals surface area contributed by atoms with Gasteiger partial charge < -0.3 is 14.7 Å². The maximum absolute atomic E-state index is 5.48. The number of benzene rings is 1. The lowest BCUT2D eigenvalue weighted by molar-refractivity contribution is 0.372. The number of aromatic nitrogens is 3. The van der Waals surface area contributed by atoms with Crippen molar-refractivity contribution >= 4 is 5.82 Å². The molecule has 3 aromatic rings. The Labute approximate surface area is 153 Å². The van der Waals surface area contributed by atoms with Crippen molar-refractivity contribution in [3.05, 3.63) is 60.0 Å². The second kappa shape index (κ2) is 7.66. The lowest BCUT2D eigenvalue weighted by atomic mass is 10.1. The van der Waals surface area contributed by atoms with E-state index in [1.54, 1.807) is 6.20 Å². The zero-order valence-corrected chi connectivity index (χ0v) is 14.9. The number of anilines is 1. The Morgan fingerprint density at radius 2 is 2.12 bits per heavy atom. The molecule has 1 saturated heterocycles. The molecule has 1 aliphatic heterocycles. The highest BCUT2D eigenvalue weighted by molar-refractivity contribution is 5.59. The molecule has 134 valence electrons. The van der Waals surface area contributed by atoms with Gasteiger partial charge in [0, 0.05) is 37.0 Å². The molecule has 1 aromatic carbocycles. The van der Waals surface area contributed by atoms with E-state index in [2.05, 4.69) is 56.8 Å². The number of aryl methyl sites for hydroxylation is 1.